The molecule has 17 heavy (non-hydrogen) atoms. The van der Waals surface area contributed by atoms with Crippen molar-refractivity contribution in [1.29, 1.82) is 0 Å². The van der Waals surface area contributed by atoms with Gasteiger partial charge in [0.2, 0.25) is 0 Å². The lowest BCUT2D eigenvalue weighted by Crippen LogP contribution is -2.28. The van der Waals surface area contributed by atoms with E-state index in [2.05, 4.69) is 12.2 Å². The van der Waals surface area contributed by atoms with Gasteiger partial charge in [0.1, 0.15) is 0 Å². The Bertz CT molecular complexity index is 135. The summed E-state index contributed by atoms with van der Waals surface area (Å²) in [7, 11) is 1.93. The zero-order chi connectivity index (χ0) is 12.8. The van der Waals surface area contributed by atoms with E-state index in [1.54, 1.807) is 0 Å². The van der Waals surface area contributed by atoms with Gasteiger partial charge in [-0.15, -0.1) is 0 Å². The maximum absolute atomic E-state index is 9.01. The van der Waals surface area contributed by atoms with Crippen LogP contribution in [-0.4, -0.2) is 24.8 Å². The maximum Gasteiger partial charge on any atom is 0.0584 e. The molecule has 0 aliphatic carbocycles. The van der Waals surface area contributed by atoms with Crippen LogP contribution in [0.25, 0.3) is 0 Å². The van der Waals surface area contributed by atoms with Crippen LogP contribution in [0, 0.1) is 0 Å². The minimum absolute atomic E-state index is 0.272. The molecule has 0 aromatic carbocycles. The second-order valence-corrected chi connectivity index (χ2v) is 5.14. The highest BCUT2D eigenvalue weighted by Gasteiger charge is 2.02. The largest absolute Gasteiger partial charge is 0.395 e. The van der Waals surface area contributed by atoms with Crippen molar-refractivity contribution < 1.29 is 5.11 Å². The molecule has 0 amide bonds. The monoisotopic (exact) mass is 243 g/mol. The molecule has 0 heterocycles. The highest BCUT2D eigenvalue weighted by molar-refractivity contribution is 4.62. The Morgan fingerprint density at radius 2 is 1.29 bits per heavy atom. The number of nitrogens with one attached hydrogen (secondary N) is 1. The van der Waals surface area contributed by atoms with Crippen LogP contribution in [0.15, 0.2) is 0 Å². The molecule has 0 radical (unpaired) electrons. The van der Waals surface area contributed by atoms with Gasteiger partial charge in [-0.1, -0.05) is 71.1 Å². The van der Waals surface area contributed by atoms with E-state index in [1.807, 2.05) is 7.05 Å². The molecule has 104 valence electrons. The molecule has 1 atom stereocenters. The zero-order valence-corrected chi connectivity index (χ0v) is 12.0. The smallest absolute Gasteiger partial charge is 0.0584 e. The third kappa shape index (κ3) is 12.2. The van der Waals surface area contributed by atoms with Gasteiger partial charge in [0.05, 0.1) is 6.61 Å². The zero-order valence-electron chi connectivity index (χ0n) is 12.0. The minimum atomic E-state index is 0.272. The van der Waals surface area contributed by atoms with E-state index in [-0.39, 0.29) is 6.61 Å². The first-order valence-electron chi connectivity index (χ1n) is 7.63. The summed E-state index contributed by atoms with van der Waals surface area (Å²) in [5.74, 6) is 0. The number of likely N-dealkylation sites (N-methyl/N-ethyl adjacent to an activating group) is 1. The Balaban J connectivity index is 3.03. The lowest BCUT2D eigenvalue weighted by molar-refractivity contribution is 0.239. The highest BCUT2D eigenvalue weighted by atomic mass is 16.3. The molecule has 0 bridgehead atoms. The third-order valence-corrected chi connectivity index (χ3v) is 3.53. The van der Waals surface area contributed by atoms with Crippen LogP contribution in [-0.2, 0) is 0 Å². The first kappa shape index (κ1) is 16.9. The summed E-state index contributed by atoms with van der Waals surface area (Å²) >= 11 is 0. The van der Waals surface area contributed by atoms with Crippen molar-refractivity contribution in [3.63, 3.8) is 0 Å². The minimum Gasteiger partial charge on any atom is -0.395 e. The number of aliphatic hydroxyl groups is 1. The number of unbranched alkanes of at least 4 members (excludes halogenated alkanes) is 9. The Labute approximate surface area is 108 Å². The number of aliphatic hydroxyl groups excluding tert-OH is 1. The van der Waals surface area contributed by atoms with Gasteiger partial charge in [0.15, 0.2) is 0 Å². The van der Waals surface area contributed by atoms with E-state index in [4.69, 9.17) is 5.11 Å². The summed E-state index contributed by atoms with van der Waals surface area (Å²) in [5, 5.41) is 12.1. The second kappa shape index (κ2) is 14.0. The van der Waals surface area contributed by atoms with E-state index in [1.165, 1.54) is 64.2 Å². The summed E-state index contributed by atoms with van der Waals surface area (Å²) in [6.07, 6.45) is 14.9. The summed E-state index contributed by atoms with van der Waals surface area (Å²) in [6.45, 7) is 2.54. The number of hydrogen-bond acceptors (Lipinski definition) is 2. The Morgan fingerprint density at radius 1 is 0.824 bits per heavy atom. The van der Waals surface area contributed by atoms with Gasteiger partial charge in [-0.05, 0) is 13.5 Å². The van der Waals surface area contributed by atoms with E-state index in [0.29, 0.717) is 6.04 Å². The summed E-state index contributed by atoms with van der Waals surface area (Å²) < 4.78 is 0. The summed E-state index contributed by atoms with van der Waals surface area (Å²) in [4.78, 5) is 0. The van der Waals surface area contributed by atoms with Gasteiger partial charge in [-0.3, -0.25) is 0 Å². The van der Waals surface area contributed by atoms with Gasteiger partial charge in [-0.25, -0.2) is 0 Å². The van der Waals surface area contributed by atoms with Crippen molar-refractivity contribution >= 4 is 0 Å². The molecule has 0 aliphatic heterocycles. The predicted octanol–water partition coefficient (Wildman–Crippen LogP) is 3.88. The van der Waals surface area contributed by atoms with Crippen LogP contribution >= 0.6 is 0 Å². The lowest BCUT2D eigenvalue weighted by atomic mass is 10.0. The fourth-order valence-electron chi connectivity index (χ4n) is 2.21. The summed E-state index contributed by atoms with van der Waals surface area (Å²) in [6, 6.07) is 0.309. The standard InChI is InChI=1S/C15H33NO/c1-3-4-5-6-7-8-9-10-11-12-13-15(14-17)16-2/h15-17H,3-14H2,1-2H3. The SMILES string of the molecule is CCCCCCCCCCCCC(CO)NC. The normalized spacial score (nSPS) is 12.9. The molecule has 0 spiro atoms. The van der Waals surface area contributed by atoms with Crippen LogP contribution in [0.4, 0.5) is 0 Å². The van der Waals surface area contributed by atoms with E-state index in [0.717, 1.165) is 6.42 Å². The van der Waals surface area contributed by atoms with Crippen molar-refractivity contribution in [2.45, 2.75) is 83.6 Å². The molecule has 0 aromatic rings. The van der Waals surface area contributed by atoms with Crippen LogP contribution in [0.3, 0.4) is 0 Å². The number of rotatable bonds is 13. The quantitative estimate of drug-likeness (QED) is 0.481. The van der Waals surface area contributed by atoms with Crippen LogP contribution in [0.2, 0.25) is 0 Å². The average molecular weight is 243 g/mol. The Morgan fingerprint density at radius 3 is 1.71 bits per heavy atom. The Kier molecular flexibility index (Phi) is 13.9. The van der Waals surface area contributed by atoms with Gasteiger partial charge < -0.3 is 10.4 Å². The first-order valence-corrected chi connectivity index (χ1v) is 7.63. The second-order valence-electron chi connectivity index (χ2n) is 5.14. The van der Waals surface area contributed by atoms with Gasteiger partial charge in [0.25, 0.3) is 0 Å². The van der Waals surface area contributed by atoms with Crippen LogP contribution < -0.4 is 5.32 Å². The molecule has 0 rings (SSSR count). The fourth-order valence-corrected chi connectivity index (χ4v) is 2.21. The molecule has 0 saturated carbocycles. The van der Waals surface area contributed by atoms with Crippen molar-refractivity contribution in [2.24, 2.45) is 0 Å². The van der Waals surface area contributed by atoms with Gasteiger partial charge in [-0.2, -0.15) is 0 Å². The molecule has 0 fully saturated rings. The van der Waals surface area contributed by atoms with Gasteiger partial charge in [0, 0.05) is 6.04 Å². The molecule has 0 aliphatic rings. The molecule has 0 aromatic heterocycles. The lowest BCUT2D eigenvalue weighted by Gasteiger charge is -2.12. The molecule has 0 saturated heterocycles. The molecule has 2 nitrogen and oxygen atoms in total. The van der Waals surface area contributed by atoms with Gasteiger partial charge >= 0.3 is 0 Å². The van der Waals surface area contributed by atoms with Crippen molar-refractivity contribution in [3.05, 3.63) is 0 Å². The summed E-state index contributed by atoms with van der Waals surface area (Å²) in [5.41, 5.74) is 0. The maximum atomic E-state index is 9.01. The first-order chi connectivity index (χ1) is 8.35. The average Bonchev–Trinajstić information content (AvgIpc) is 2.36. The highest BCUT2D eigenvalue weighted by Crippen LogP contribution is 2.11. The number of hydrogen-bond donors (Lipinski definition) is 2. The molecule has 1 unspecified atom stereocenters. The van der Waals surface area contributed by atoms with E-state index >= 15 is 0 Å². The molecular weight excluding hydrogens is 210 g/mol. The Hall–Kier alpha value is -0.0800. The van der Waals surface area contributed by atoms with Crippen LogP contribution in [0.1, 0.15) is 77.6 Å². The predicted molar refractivity (Wildman–Crippen MR) is 76.4 cm³/mol. The molecular formula is C15H33NO. The van der Waals surface area contributed by atoms with Crippen molar-refractivity contribution in [3.8, 4) is 0 Å². The molecule has 2 N–H and O–H groups in total. The van der Waals surface area contributed by atoms with Crippen molar-refractivity contribution in [2.75, 3.05) is 13.7 Å². The molecule has 2 heteroatoms. The topological polar surface area (TPSA) is 32.3 Å². The van der Waals surface area contributed by atoms with Crippen molar-refractivity contribution in [1.82, 2.24) is 5.32 Å². The van der Waals surface area contributed by atoms with E-state index < -0.39 is 0 Å². The van der Waals surface area contributed by atoms with E-state index in [9.17, 15) is 0 Å². The third-order valence-electron chi connectivity index (χ3n) is 3.53. The fraction of sp³-hybridized carbons (Fsp3) is 1.00. The van der Waals surface area contributed by atoms with Crippen LogP contribution in [0.5, 0.6) is 0 Å².